The molecular weight excluding hydrogens is 412 g/mol. The summed E-state index contributed by atoms with van der Waals surface area (Å²) in [6.45, 7) is 1.17. The molecule has 0 bridgehead atoms. The van der Waals surface area contributed by atoms with Gasteiger partial charge in [-0.05, 0) is 53.9 Å². The molecule has 3 heterocycles. The third kappa shape index (κ3) is 3.68. The van der Waals surface area contributed by atoms with E-state index in [0.29, 0.717) is 29.4 Å². The van der Waals surface area contributed by atoms with Crippen molar-refractivity contribution in [2.24, 2.45) is 7.05 Å². The van der Waals surface area contributed by atoms with Crippen LogP contribution < -0.4 is 10.6 Å². The summed E-state index contributed by atoms with van der Waals surface area (Å²) in [6, 6.07) is 17.1. The number of benzene rings is 2. The van der Waals surface area contributed by atoms with Gasteiger partial charge in [-0.25, -0.2) is 0 Å². The maximum absolute atomic E-state index is 13.4. The van der Waals surface area contributed by atoms with Gasteiger partial charge in [0, 0.05) is 43.1 Å². The SMILES string of the molecule is Cn1cccc1C(=O)NC1C[C@H]2CNc3ccc(-c4ccc(Cl)cc4)cc3C(=O)N2C1. The van der Waals surface area contributed by atoms with Gasteiger partial charge in [-0.1, -0.05) is 29.8 Å². The molecule has 158 valence electrons. The Bertz CT molecular complexity index is 1150. The molecule has 1 unspecified atom stereocenters. The Labute approximate surface area is 185 Å². The van der Waals surface area contributed by atoms with Crippen LogP contribution in [0.2, 0.25) is 5.02 Å². The zero-order valence-electron chi connectivity index (χ0n) is 17.1. The van der Waals surface area contributed by atoms with Crippen LogP contribution in [0.15, 0.2) is 60.8 Å². The molecule has 2 aliphatic rings. The molecule has 0 spiro atoms. The maximum atomic E-state index is 13.4. The summed E-state index contributed by atoms with van der Waals surface area (Å²) in [5, 5.41) is 7.20. The van der Waals surface area contributed by atoms with Crippen molar-refractivity contribution in [2.75, 3.05) is 18.4 Å². The Kier molecular flexibility index (Phi) is 4.94. The van der Waals surface area contributed by atoms with E-state index >= 15 is 0 Å². The molecule has 6 nitrogen and oxygen atoms in total. The average molecular weight is 435 g/mol. The van der Waals surface area contributed by atoms with E-state index < -0.39 is 0 Å². The summed E-state index contributed by atoms with van der Waals surface area (Å²) >= 11 is 6.01. The van der Waals surface area contributed by atoms with Crippen LogP contribution in [0.3, 0.4) is 0 Å². The highest BCUT2D eigenvalue weighted by atomic mass is 35.5. The Morgan fingerprint density at radius 3 is 2.65 bits per heavy atom. The number of halogens is 1. The predicted octanol–water partition coefficient (Wildman–Crippen LogP) is 3.78. The maximum Gasteiger partial charge on any atom is 0.268 e. The van der Waals surface area contributed by atoms with Crippen LogP contribution in [-0.4, -0.2) is 46.5 Å². The summed E-state index contributed by atoms with van der Waals surface area (Å²) < 4.78 is 1.80. The number of fused-ring (bicyclic) bond motifs is 2. The fraction of sp³-hybridized carbons (Fsp3) is 0.250. The molecule has 2 aromatic carbocycles. The summed E-state index contributed by atoms with van der Waals surface area (Å²) in [7, 11) is 1.85. The first-order chi connectivity index (χ1) is 15.0. The molecule has 5 rings (SSSR count). The van der Waals surface area contributed by atoms with Gasteiger partial charge >= 0.3 is 0 Å². The van der Waals surface area contributed by atoms with E-state index in [2.05, 4.69) is 10.6 Å². The van der Waals surface area contributed by atoms with Gasteiger partial charge in [-0.3, -0.25) is 9.59 Å². The highest BCUT2D eigenvalue weighted by molar-refractivity contribution is 6.30. The minimum atomic E-state index is -0.110. The van der Waals surface area contributed by atoms with Gasteiger partial charge < -0.3 is 20.1 Å². The molecule has 0 radical (unpaired) electrons. The second-order valence-corrected chi connectivity index (χ2v) is 8.61. The normalized spacial score (nSPS) is 19.9. The molecule has 3 aromatic rings. The van der Waals surface area contributed by atoms with Crippen molar-refractivity contribution in [3.63, 3.8) is 0 Å². The van der Waals surface area contributed by atoms with Crippen LogP contribution >= 0.6 is 11.6 Å². The van der Waals surface area contributed by atoms with Gasteiger partial charge in [0.25, 0.3) is 11.8 Å². The molecule has 2 aliphatic heterocycles. The summed E-state index contributed by atoms with van der Waals surface area (Å²) in [6.07, 6.45) is 2.58. The molecule has 7 heteroatoms. The highest BCUT2D eigenvalue weighted by Gasteiger charge is 2.39. The van der Waals surface area contributed by atoms with E-state index in [1.54, 1.807) is 10.6 Å². The number of carbonyl (C=O) groups is 2. The van der Waals surface area contributed by atoms with Gasteiger partial charge in [0.2, 0.25) is 0 Å². The van der Waals surface area contributed by atoms with E-state index in [4.69, 9.17) is 11.6 Å². The number of rotatable bonds is 3. The summed E-state index contributed by atoms with van der Waals surface area (Å²) in [5.74, 6) is -0.113. The third-order valence-electron chi connectivity index (χ3n) is 6.14. The lowest BCUT2D eigenvalue weighted by Crippen LogP contribution is -2.40. The van der Waals surface area contributed by atoms with Crippen LogP contribution in [0.1, 0.15) is 27.3 Å². The quantitative estimate of drug-likeness (QED) is 0.659. The number of hydrogen-bond donors (Lipinski definition) is 2. The second kappa shape index (κ2) is 7.78. The predicted molar refractivity (Wildman–Crippen MR) is 121 cm³/mol. The number of nitrogens with zero attached hydrogens (tertiary/aromatic N) is 2. The number of aryl methyl sites for hydroxylation is 1. The van der Waals surface area contributed by atoms with Crippen molar-refractivity contribution in [3.05, 3.63) is 77.1 Å². The molecule has 2 atom stereocenters. The molecule has 1 saturated heterocycles. The van der Waals surface area contributed by atoms with Crippen molar-refractivity contribution in [3.8, 4) is 11.1 Å². The van der Waals surface area contributed by atoms with Crippen LogP contribution in [0.25, 0.3) is 11.1 Å². The fourth-order valence-electron chi connectivity index (χ4n) is 4.50. The Morgan fingerprint density at radius 2 is 1.90 bits per heavy atom. The van der Waals surface area contributed by atoms with Gasteiger partial charge in [-0.2, -0.15) is 0 Å². The number of aromatic nitrogens is 1. The van der Waals surface area contributed by atoms with E-state index in [0.717, 1.165) is 23.2 Å². The first kappa shape index (κ1) is 19.7. The van der Waals surface area contributed by atoms with Gasteiger partial charge in [0.15, 0.2) is 0 Å². The fourth-order valence-corrected chi connectivity index (χ4v) is 4.63. The second-order valence-electron chi connectivity index (χ2n) is 8.17. The molecular formula is C24H23ClN4O2. The molecule has 2 N–H and O–H groups in total. The van der Waals surface area contributed by atoms with Gasteiger partial charge in [0.1, 0.15) is 5.69 Å². The lowest BCUT2D eigenvalue weighted by Gasteiger charge is -2.21. The molecule has 1 aromatic heterocycles. The Hall–Kier alpha value is -3.25. The standard InChI is InChI=1S/C24H23ClN4O2/c1-28-10-2-3-22(28)23(30)27-18-12-19-13-26-21-9-6-16(15-4-7-17(25)8-5-15)11-20(21)24(31)29(19)14-18/h2-11,18-19,26H,12-14H2,1H3,(H,27,30)/t18?,19-/m0/s1. The lowest BCUT2D eigenvalue weighted by molar-refractivity contribution is 0.0743. The van der Waals surface area contributed by atoms with Crippen LogP contribution in [0.5, 0.6) is 0 Å². The molecule has 31 heavy (non-hydrogen) atoms. The van der Waals surface area contributed by atoms with Crippen molar-refractivity contribution < 1.29 is 9.59 Å². The topological polar surface area (TPSA) is 66.4 Å². The van der Waals surface area contributed by atoms with Crippen molar-refractivity contribution in [1.82, 2.24) is 14.8 Å². The van der Waals surface area contributed by atoms with E-state index in [-0.39, 0.29) is 23.9 Å². The minimum Gasteiger partial charge on any atom is -0.382 e. The molecule has 0 saturated carbocycles. The number of nitrogens with one attached hydrogen (secondary N) is 2. The van der Waals surface area contributed by atoms with Gasteiger partial charge in [0.05, 0.1) is 11.6 Å². The minimum absolute atomic E-state index is 0.00331. The largest absolute Gasteiger partial charge is 0.382 e. The molecule has 1 fully saturated rings. The van der Waals surface area contributed by atoms with E-state index in [9.17, 15) is 9.59 Å². The first-order valence-electron chi connectivity index (χ1n) is 10.4. The summed E-state index contributed by atoms with van der Waals surface area (Å²) in [5.41, 5.74) is 4.10. The molecule has 0 aliphatic carbocycles. The third-order valence-corrected chi connectivity index (χ3v) is 6.39. The Balaban J connectivity index is 1.36. The zero-order valence-corrected chi connectivity index (χ0v) is 17.9. The number of hydrogen-bond acceptors (Lipinski definition) is 3. The highest BCUT2D eigenvalue weighted by Crippen LogP contribution is 2.32. The van der Waals surface area contributed by atoms with Gasteiger partial charge in [-0.15, -0.1) is 0 Å². The van der Waals surface area contributed by atoms with E-state index in [1.165, 1.54) is 0 Å². The number of amides is 2. The van der Waals surface area contributed by atoms with Crippen LogP contribution in [0.4, 0.5) is 5.69 Å². The monoisotopic (exact) mass is 434 g/mol. The van der Waals surface area contributed by atoms with Crippen LogP contribution in [-0.2, 0) is 7.05 Å². The van der Waals surface area contributed by atoms with Crippen molar-refractivity contribution >= 4 is 29.1 Å². The van der Waals surface area contributed by atoms with Crippen LogP contribution in [0, 0.1) is 0 Å². The summed E-state index contributed by atoms with van der Waals surface area (Å²) in [4.78, 5) is 27.9. The zero-order chi connectivity index (χ0) is 21.5. The smallest absolute Gasteiger partial charge is 0.268 e. The lowest BCUT2D eigenvalue weighted by atomic mass is 10.0. The average Bonchev–Trinajstić information content (AvgIpc) is 3.35. The number of anilines is 1. The first-order valence-corrected chi connectivity index (χ1v) is 10.7. The van der Waals surface area contributed by atoms with Crippen molar-refractivity contribution in [2.45, 2.75) is 18.5 Å². The van der Waals surface area contributed by atoms with E-state index in [1.807, 2.05) is 66.7 Å². The Morgan fingerprint density at radius 1 is 1.13 bits per heavy atom. The number of carbonyl (C=O) groups excluding carboxylic acids is 2. The molecule has 2 amide bonds. The van der Waals surface area contributed by atoms with Crippen molar-refractivity contribution in [1.29, 1.82) is 0 Å².